The second kappa shape index (κ2) is 7.93. The minimum absolute atomic E-state index is 0.0480. The van der Waals surface area contributed by atoms with Crippen molar-refractivity contribution >= 4 is 28.2 Å². The van der Waals surface area contributed by atoms with Gasteiger partial charge in [0.1, 0.15) is 5.82 Å². The Labute approximate surface area is 177 Å². The van der Waals surface area contributed by atoms with Gasteiger partial charge in [-0.2, -0.15) is 18.4 Å². The number of fused-ring (bicyclic) bond motifs is 1. The van der Waals surface area contributed by atoms with E-state index in [1.165, 1.54) is 16.7 Å². The second-order valence-corrected chi connectivity index (χ2v) is 7.16. The van der Waals surface area contributed by atoms with Crippen molar-refractivity contribution in [3.05, 3.63) is 69.7 Å². The number of alkyl halides is 3. The van der Waals surface area contributed by atoms with Crippen molar-refractivity contribution in [2.45, 2.75) is 25.2 Å². The number of halogens is 4. The summed E-state index contributed by atoms with van der Waals surface area (Å²) in [7, 11) is 0. The molecule has 166 valence electrons. The first-order chi connectivity index (χ1) is 14.8. The van der Waals surface area contributed by atoms with E-state index in [-0.39, 0.29) is 16.6 Å². The van der Waals surface area contributed by atoms with Gasteiger partial charge in [-0.15, -0.1) is 0 Å². The fraction of sp³-hybridized carbons (Fsp3) is 0.200. The molecule has 1 amide bonds. The smallest absolute Gasteiger partial charge is 0.378 e. The maximum Gasteiger partial charge on any atom is 0.417 e. The van der Waals surface area contributed by atoms with E-state index in [2.05, 4.69) is 5.32 Å². The Morgan fingerprint density at radius 2 is 1.97 bits per heavy atom. The molecule has 12 heteroatoms. The number of carbonyl (C=O) groups excluding carboxylic acids is 1. The van der Waals surface area contributed by atoms with Crippen LogP contribution in [0, 0.1) is 27.3 Å². The lowest BCUT2D eigenvalue weighted by Gasteiger charge is -2.23. The molecule has 32 heavy (non-hydrogen) atoms. The summed E-state index contributed by atoms with van der Waals surface area (Å²) >= 11 is 0. The zero-order chi connectivity index (χ0) is 23.8. The average molecular weight is 450 g/mol. The maximum atomic E-state index is 13.5. The van der Waals surface area contributed by atoms with E-state index < -0.39 is 51.8 Å². The van der Waals surface area contributed by atoms with Gasteiger partial charge in [0.2, 0.25) is 0 Å². The van der Waals surface area contributed by atoms with Crippen molar-refractivity contribution in [1.82, 2.24) is 4.57 Å². The third-order valence-electron chi connectivity index (χ3n) is 4.69. The van der Waals surface area contributed by atoms with Crippen LogP contribution >= 0.6 is 0 Å². The van der Waals surface area contributed by atoms with Crippen molar-refractivity contribution in [2.24, 2.45) is 0 Å². The molecule has 2 N–H and O–H groups in total. The zero-order valence-electron chi connectivity index (χ0n) is 16.3. The number of anilines is 1. The van der Waals surface area contributed by atoms with Gasteiger partial charge in [0, 0.05) is 5.69 Å². The van der Waals surface area contributed by atoms with E-state index in [9.17, 15) is 37.6 Å². The monoisotopic (exact) mass is 450 g/mol. The van der Waals surface area contributed by atoms with Crippen LogP contribution in [0.5, 0.6) is 0 Å². The van der Waals surface area contributed by atoms with Crippen molar-refractivity contribution in [2.75, 3.05) is 5.32 Å². The molecule has 0 aliphatic rings. The minimum atomic E-state index is -4.84. The number of benzene rings is 2. The molecule has 0 saturated carbocycles. The van der Waals surface area contributed by atoms with Crippen LogP contribution in [0.25, 0.3) is 10.9 Å². The van der Waals surface area contributed by atoms with Gasteiger partial charge in [-0.05, 0) is 43.3 Å². The summed E-state index contributed by atoms with van der Waals surface area (Å²) in [6.45, 7) is 0.551. The van der Waals surface area contributed by atoms with Gasteiger partial charge in [0.05, 0.1) is 45.8 Å². The van der Waals surface area contributed by atoms with Gasteiger partial charge in [0.15, 0.2) is 5.60 Å². The highest BCUT2D eigenvalue weighted by atomic mass is 19.4. The number of nitro groups is 1. The molecule has 0 saturated heterocycles. The van der Waals surface area contributed by atoms with Crippen LogP contribution in [-0.2, 0) is 17.5 Å². The van der Waals surface area contributed by atoms with Gasteiger partial charge >= 0.3 is 6.18 Å². The van der Waals surface area contributed by atoms with Crippen molar-refractivity contribution in [3.8, 4) is 6.07 Å². The molecule has 0 radical (unpaired) electrons. The van der Waals surface area contributed by atoms with Crippen LogP contribution in [0.3, 0.4) is 0 Å². The van der Waals surface area contributed by atoms with Crippen molar-refractivity contribution in [3.63, 3.8) is 0 Å². The number of aliphatic hydroxyl groups is 1. The van der Waals surface area contributed by atoms with E-state index in [0.717, 1.165) is 37.4 Å². The lowest BCUT2D eigenvalue weighted by atomic mass is 10.0. The normalized spacial score (nSPS) is 13.4. The van der Waals surface area contributed by atoms with Crippen LogP contribution in [0.15, 0.2) is 42.6 Å². The zero-order valence-corrected chi connectivity index (χ0v) is 16.3. The van der Waals surface area contributed by atoms with Gasteiger partial charge < -0.3 is 15.0 Å². The average Bonchev–Trinajstić information content (AvgIpc) is 3.04. The summed E-state index contributed by atoms with van der Waals surface area (Å²) in [5.41, 5.74) is -4.71. The molecule has 0 fully saturated rings. The van der Waals surface area contributed by atoms with Crippen molar-refractivity contribution in [1.29, 1.82) is 5.26 Å². The summed E-state index contributed by atoms with van der Waals surface area (Å²) in [4.78, 5) is 23.1. The number of aromatic nitrogens is 1. The van der Waals surface area contributed by atoms with Gasteiger partial charge in [0.25, 0.3) is 11.6 Å². The number of nitriles is 1. The van der Waals surface area contributed by atoms with E-state index in [1.807, 2.05) is 0 Å². The van der Waals surface area contributed by atoms with Crippen LogP contribution < -0.4 is 5.32 Å². The Balaban J connectivity index is 1.91. The van der Waals surface area contributed by atoms with E-state index in [0.29, 0.717) is 6.07 Å². The van der Waals surface area contributed by atoms with Crippen molar-refractivity contribution < 1.29 is 32.4 Å². The molecule has 0 aliphatic heterocycles. The maximum absolute atomic E-state index is 13.5. The molecule has 1 atom stereocenters. The third-order valence-corrected chi connectivity index (χ3v) is 4.69. The highest BCUT2D eigenvalue weighted by Gasteiger charge is 2.36. The van der Waals surface area contributed by atoms with Gasteiger partial charge in [-0.3, -0.25) is 14.9 Å². The number of hydrogen-bond acceptors (Lipinski definition) is 5. The quantitative estimate of drug-likeness (QED) is 0.346. The Hall–Kier alpha value is -3.98. The second-order valence-electron chi connectivity index (χ2n) is 7.16. The molecule has 0 aliphatic carbocycles. The lowest BCUT2D eigenvalue weighted by Crippen LogP contribution is -2.43. The molecule has 3 aromatic rings. The predicted octanol–water partition coefficient (Wildman–Crippen LogP) is 3.97. The molecule has 0 unspecified atom stereocenters. The van der Waals surface area contributed by atoms with Crippen LogP contribution in [0.4, 0.5) is 28.9 Å². The van der Waals surface area contributed by atoms with E-state index in [1.54, 1.807) is 0 Å². The summed E-state index contributed by atoms with van der Waals surface area (Å²) < 4.78 is 54.1. The Kier molecular flexibility index (Phi) is 5.63. The van der Waals surface area contributed by atoms with Gasteiger partial charge in [-0.25, -0.2) is 4.39 Å². The molecular formula is C20H14F4N4O4. The lowest BCUT2D eigenvalue weighted by molar-refractivity contribution is -0.383. The highest BCUT2D eigenvalue weighted by molar-refractivity contribution is 5.97. The first-order valence-electron chi connectivity index (χ1n) is 8.91. The number of rotatable bonds is 5. The first-order valence-corrected chi connectivity index (χ1v) is 8.91. The predicted molar refractivity (Wildman–Crippen MR) is 104 cm³/mol. The number of amides is 1. The molecule has 3 rings (SSSR count). The molecule has 2 aromatic carbocycles. The number of hydrogen-bond donors (Lipinski definition) is 2. The van der Waals surface area contributed by atoms with Gasteiger partial charge in [-0.1, -0.05) is 0 Å². The standard InChI is InChI=1S/C20H14F4N4O4/c1-19(30,10-27-9-17(28(31)32)14-6-12(21)3-5-16(14)27)18(29)26-13-4-2-11(8-25)15(7-13)20(22,23)24/h2-7,9,30H,10H2,1H3,(H,26,29)/t19-/m0/s1. The number of carbonyl (C=O) groups is 1. The molecule has 8 nitrogen and oxygen atoms in total. The summed E-state index contributed by atoms with van der Waals surface area (Å²) in [5.74, 6) is -1.81. The van der Waals surface area contributed by atoms with E-state index >= 15 is 0 Å². The number of nitrogens with one attached hydrogen (secondary N) is 1. The largest absolute Gasteiger partial charge is 0.417 e. The summed E-state index contributed by atoms with van der Waals surface area (Å²) in [6, 6.07) is 7.15. The Morgan fingerprint density at radius 3 is 2.56 bits per heavy atom. The highest BCUT2D eigenvalue weighted by Crippen LogP contribution is 2.34. The minimum Gasteiger partial charge on any atom is -0.378 e. The molecular weight excluding hydrogens is 436 g/mol. The first kappa shape index (κ1) is 22.7. The molecule has 1 heterocycles. The van der Waals surface area contributed by atoms with Crippen LogP contribution in [-0.4, -0.2) is 26.1 Å². The SMILES string of the molecule is C[C@](O)(Cn1cc([N+](=O)[O-])c2cc(F)ccc21)C(=O)Nc1ccc(C#N)c(C(F)(F)F)c1. The Bertz CT molecular complexity index is 1280. The third kappa shape index (κ3) is 4.37. The fourth-order valence-corrected chi connectivity index (χ4v) is 3.15. The molecule has 1 aromatic heterocycles. The molecule has 0 spiro atoms. The Morgan fingerprint density at radius 1 is 1.28 bits per heavy atom. The topological polar surface area (TPSA) is 121 Å². The molecule has 0 bridgehead atoms. The number of nitrogens with zero attached hydrogens (tertiary/aromatic N) is 3. The summed E-state index contributed by atoms with van der Waals surface area (Å²) in [6.07, 6.45) is -3.82. The van der Waals surface area contributed by atoms with Crippen LogP contribution in [0.1, 0.15) is 18.1 Å². The summed E-state index contributed by atoms with van der Waals surface area (Å²) in [5, 5.41) is 32.8. The fourth-order valence-electron chi connectivity index (χ4n) is 3.15. The van der Waals surface area contributed by atoms with Crippen LogP contribution in [0.2, 0.25) is 0 Å². The van der Waals surface area contributed by atoms with E-state index in [4.69, 9.17) is 5.26 Å².